The van der Waals surface area contributed by atoms with Crippen LogP contribution in [0.4, 0.5) is 0 Å². The fourth-order valence-electron chi connectivity index (χ4n) is 2.40. The second-order valence-corrected chi connectivity index (χ2v) is 8.01. The lowest BCUT2D eigenvalue weighted by molar-refractivity contribution is -0.119. The van der Waals surface area contributed by atoms with Crippen LogP contribution in [0.25, 0.3) is 0 Å². The Morgan fingerprint density at radius 1 is 1.08 bits per heavy atom. The van der Waals surface area contributed by atoms with Crippen molar-refractivity contribution < 1.29 is 13.2 Å². The van der Waals surface area contributed by atoms with Gasteiger partial charge >= 0.3 is 0 Å². The number of aryl methyl sites for hydroxylation is 1. The molecule has 0 aromatic heterocycles. The van der Waals surface area contributed by atoms with E-state index in [1.165, 1.54) is 6.92 Å². The Labute approximate surface area is 153 Å². The van der Waals surface area contributed by atoms with Crippen molar-refractivity contribution in [2.75, 3.05) is 6.54 Å². The van der Waals surface area contributed by atoms with Gasteiger partial charge in [0.2, 0.25) is 15.9 Å². The lowest BCUT2D eigenvalue weighted by atomic mass is 10.0. The molecule has 0 saturated carbocycles. The summed E-state index contributed by atoms with van der Waals surface area (Å²) in [5, 5.41) is 3.43. The van der Waals surface area contributed by atoms with E-state index in [1.54, 1.807) is 36.4 Å². The summed E-state index contributed by atoms with van der Waals surface area (Å²) in [7, 11) is -3.57. The number of halogens is 1. The van der Waals surface area contributed by atoms with Crippen molar-refractivity contribution in [1.82, 2.24) is 10.0 Å². The van der Waals surface area contributed by atoms with Gasteiger partial charge in [-0.15, -0.1) is 0 Å². The Balaban J connectivity index is 2.03. The van der Waals surface area contributed by atoms with Gasteiger partial charge in [-0.3, -0.25) is 4.79 Å². The van der Waals surface area contributed by atoms with E-state index in [-0.39, 0.29) is 23.4 Å². The van der Waals surface area contributed by atoms with Crippen molar-refractivity contribution in [3.8, 4) is 0 Å². The minimum atomic E-state index is -3.57. The maximum atomic E-state index is 12.3. The van der Waals surface area contributed by atoms with Gasteiger partial charge in [0.1, 0.15) is 0 Å². The van der Waals surface area contributed by atoms with Crippen LogP contribution in [0.1, 0.15) is 30.5 Å². The van der Waals surface area contributed by atoms with Crippen LogP contribution in [0.15, 0.2) is 53.4 Å². The average molecular weight is 381 g/mol. The van der Waals surface area contributed by atoms with Gasteiger partial charge in [-0.1, -0.05) is 41.4 Å². The molecular weight excluding hydrogens is 360 g/mol. The number of amides is 1. The summed E-state index contributed by atoms with van der Waals surface area (Å²) in [5.74, 6) is -0.179. The molecule has 5 nitrogen and oxygen atoms in total. The molecular formula is C18H21ClN2O3S. The number of benzene rings is 2. The van der Waals surface area contributed by atoms with E-state index in [0.717, 1.165) is 11.1 Å². The van der Waals surface area contributed by atoms with Crippen molar-refractivity contribution in [2.45, 2.75) is 31.2 Å². The molecule has 0 aliphatic heterocycles. The van der Waals surface area contributed by atoms with E-state index in [4.69, 9.17) is 11.6 Å². The highest BCUT2D eigenvalue weighted by molar-refractivity contribution is 7.89. The zero-order valence-electron chi connectivity index (χ0n) is 14.1. The molecule has 1 amide bonds. The molecule has 0 radical (unpaired) electrons. The minimum Gasteiger partial charge on any atom is -0.349 e. The highest BCUT2D eigenvalue weighted by Gasteiger charge is 2.16. The first-order valence-electron chi connectivity index (χ1n) is 7.87. The monoisotopic (exact) mass is 380 g/mol. The zero-order chi connectivity index (χ0) is 18.4. The molecule has 2 aromatic rings. The third-order valence-electron chi connectivity index (χ3n) is 3.71. The Kier molecular flexibility index (Phi) is 6.58. The second kappa shape index (κ2) is 8.47. The summed E-state index contributed by atoms with van der Waals surface area (Å²) in [6.45, 7) is 3.52. The van der Waals surface area contributed by atoms with Crippen LogP contribution < -0.4 is 10.0 Å². The highest BCUT2D eigenvalue weighted by Crippen LogP contribution is 2.19. The molecule has 2 aromatic carbocycles. The van der Waals surface area contributed by atoms with Crippen LogP contribution >= 0.6 is 11.6 Å². The number of carbonyl (C=O) groups excluding carboxylic acids is 1. The van der Waals surface area contributed by atoms with E-state index < -0.39 is 10.0 Å². The summed E-state index contributed by atoms with van der Waals surface area (Å²) >= 11 is 5.89. The van der Waals surface area contributed by atoms with E-state index in [2.05, 4.69) is 10.0 Å². The van der Waals surface area contributed by atoms with Gasteiger partial charge in [0.05, 0.1) is 10.9 Å². The number of hydrogen-bond acceptors (Lipinski definition) is 3. The predicted octanol–water partition coefficient (Wildman–Crippen LogP) is 3.19. The van der Waals surface area contributed by atoms with Crippen molar-refractivity contribution in [1.29, 1.82) is 0 Å². The summed E-state index contributed by atoms with van der Waals surface area (Å²) < 4.78 is 27.2. The normalized spacial score (nSPS) is 12.6. The Morgan fingerprint density at radius 3 is 2.24 bits per heavy atom. The number of sulfonamides is 1. The van der Waals surface area contributed by atoms with E-state index in [9.17, 15) is 13.2 Å². The quantitative estimate of drug-likeness (QED) is 0.774. The third-order valence-corrected chi connectivity index (χ3v) is 5.44. The lowest BCUT2D eigenvalue weighted by Gasteiger charge is -2.19. The van der Waals surface area contributed by atoms with Crippen LogP contribution in [-0.2, 0) is 14.8 Å². The van der Waals surface area contributed by atoms with Gasteiger partial charge in [-0.2, -0.15) is 0 Å². The Morgan fingerprint density at radius 2 is 1.68 bits per heavy atom. The minimum absolute atomic E-state index is 0.179. The molecule has 0 fully saturated rings. The molecule has 0 bridgehead atoms. The SMILES string of the molecule is CC(=O)NC(CCNS(=O)(=O)c1ccc(C)cc1)c1ccc(Cl)cc1. The third kappa shape index (κ3) is 5.85. The van der Waals surface area contributed by atoms with E-state index in [0.29, 0.717) is 11.4 Å². The highest BCUT2D eigenvalue weighted by atomic mass is 35.5. The molecule has 7 heteroatoms. The van der Waals surface area contributed by atoms with Gasteiger partial charge in [0.15, 0.2) is 0 Å². The molecule has 0 aliphatic carbocycles. The summed E-state index contributed by atoms with van der Waals surface area (Å²) in [5.41, 5.74) is 1.86. The molecule has 0 heterocycles. The maximum absolute atomic E-state index is 12.3. The van der Waals surface area contributed by atoms with Gasteiger partial charge < -0.3 is 5.32 Å². The van der Waals surface area contributed by atoms with Crippen LogP contribution in [0, 0.1) is 6.92 Å². The summed E-state index contributed by atoms with van der Waals surface area (Å²) in [6, 6.07) is 13.5. The molecule has 25 heavy (non-hydrogen) atoms. The molecule has 1 unspecified atom stereocenters. The molecule has 0 spiro atoms. The average Bonchev–Trinajstić information content (AvgIpc) is 2.54. The van der Waals surface area contributed by atoms with Crippen molar-refractivity contribution in [2.24, 2.45) is 0 Å². The summed E-state index contributed by atoms with van der Waals surface area (Å²) in [4.78, 5) is 11.7. The Hall–Kier alpha value is -1.89. The van der Waals surface area contributed by atoms with Crippen LogP contribution in [0.2, 0.25) is 5.02 Å². The number of carbonyl (C=O) groups is 1. The largest absolute Gasteiger partial charge is 0.349 e. The maximum Gasteiger partial charge on any atom is 0.240 e. The number of hydrogen-bond donors (Lipinski definition) is 2. The van der Waals surface area contributed by atoms with Crippen molar-refractivity contribution >= 4 is 27.5 Å². The topological polar surface area (TPSA) is 75.3 Å². The molecule has 1 atom stereocenters. The molecule has 0 aliphatic rings. The number of nitrogens with one attached hydrogen (secondary N) is 2. The van der Waals surface area contributed by atoms with Crippen LogP contribution in [-0.4, -0.2) is 20.9 Å². The molecule has 134 valence electrons. The first-order chi connectivity index (χ1) is 11.8. The molecule has 0 saturated heterocycles. The molecule has 2 rings (SSSR count). The first-order valence-corrected chi connectivity index (χ1v) is 9.73. The standard InChI is InChI=1S/C18H21ClN2O3S/c1-13-3-9-17(10-4-13)25(23,24)20-12-11-18(21-14(2)22)15-5-7-16(19)8-6-15/h3-10,18,20H,11-12H2,1-2H3,(H,21,22). The number of rotatable bonds is 7. The molecule has 2 N–H and O–H groups in total. The Bertz CT molecular complexity index is 818. The zero-order valence-corrected chi connectivity index (χ0v) is 15.7. The lowest BCUT2D eigenvalue weighted by Crippen LogP contribution is -2.31. The van der Waals surface area contributed by atoms with Gasteiger partial charge in [-0.05, 0) is 43.2 Å². The van der Waals surface area contributed by atoms with Gasteiger partial charge in [0, 0.05) is 18.5 Å². The van der Waals surface area contributed by atoms with Gasteiger partial charge in [-0.25, -0.2) is 13.1 Å². The first kappa shape index (κ1) is 19.4. The van der Waals surface area contributed by atoms with Crippen LogP contribution in [0.3, 0.4) is 0 Å². The second-order valence-electron chi connectivity index (χ2n) is 5.80. The smallest absolute Gasteiger partial charge is 0.240 e. The van der Waals surface area contributed by atoms with Crippen LogP contribution in [0.5, 0.6) is 0 Å². The van der Waals surface area contributed by atoms with Gasteiger partial charge in [0.25, 0.3) is 0 Å². The van der Waals surface area contributed by atoms with Crippen molar-refractivity contribution in [3.63, 3.8) is 0 Å². The predicted molar refractivity (Wildman–Crippen MR) is 99.0 cm³/mol. The fourth-order valence-corrected chi connectivity index (χ4v) is 3.57. The fraction of sp³-hybridized carbons (Fsp3) is 0.278. The van der Waals surface area contributed by atoms with E-state index in [1.807, 2.05) is 19.1 Å². The van der Waals surface area contributed by atoms with Crippen molar-refractivity contribution in [3.05, 3.63) is 64.7 Å². The summed E-state index contributed by atoms with van der Waals surface area (Å²) in [6.07, 6.45) is 0.423. The van der Waals surface area contributed by atoms with E-state index >= 15 is 0 Å².